The monoisotopic (exact) mass is 568 g/mol. The lowest BCUT2D eigenvalue weighted by Gasteiger charge is -2.37. The molecule has 0 saturated heterocycles. The largest absolute Gasteiger partial charge is 0.479 e. The molecule has 1 aliphatic rings. The van der Waals surface area contributed by atoms with Gasteiger partial charge in [0.15, 0.2) is 11.2 Å². The van der Waals surface area contributed by atoms with Crippen LogP contribution in [0.2, 0.25) is 0 Å². The fourth-order valence-electron chi connectivity index (χ4n) is 5.14. The van der Waals surface area contributed by atoms with E-state index in [4.69, 9.17) is 20.2 Å². The summed E-state index contributed by atoms with van der Waals surface area (Å²) in [6.45, 7) is 0.600. The lowest BCUT2D eigenvalue weighted by Crippen LogP contribution is -2.45. The van der Waals surface area contributed by atoms with Crippen molar-refractivity contribution in [1.82, 2.24) is 24.4 Å². The highest BCUT2D eigenvalue weighted by Gasteiger charge is 2.44. The topological polar surface area (TPSA) is 130 Å². The van der Waals surface area contributed by atoms with Crippen molar-refractivity contribution in [3.8, 4) is 16.8 Å². The molecule has 1 aromatic carbocycles. The Morgan fingerprint density at radius 3 is 2.51 bits per heavy atom. The molecule has 0 spiro atoms. The van der Waals surface area contributed by atoms with Gasteiger partial charge in [-0.3, -0.25) is 0 Å². The van der Waals surface area contributed by atoms with Crippen LogP contribution in [0.1, 0.15) is 37.3 Å². The number of carboxylic acids is 1. The number of nitrogens with zero attached hydrogens (tertiary/aromatic N) is 5. The molecule has 0 unspecified atom stereocenters. The summed E-state index contributed by atoms with van der Waals surface area (Å²) in [5.41, 5.74) is 9.64. The number of rotatable bonds is 10. The number of carboxylic acid groups (broad SMARTS) is 1. The highest BCUT2D eigenvalue weighted by atomic mass is 32.2. The summed E-state index contributed by atoms with van der Waals surface area (Å²) < 4.78 is 14.4. The molecule has 1 aliphatic carbocycles. The normalized spacial score (nSPS) is 19.5. The number of aliphatic carboxylic acids is 1. The molecule has 39 heavy (non-hydrogen) atoms. The zero-order chi connectivity index (χ0) is 27.6. The third-order valence-corrected chi connectivity index (χ3v) is 8.90. The van der Waals surface area contributed by atoms with Gasteiger partial charge in [0.1, 0.15) is 5.82 Å². The minimum absolute atomic E-state index is 0.0543. The summed E-state index contributed by atoms with van der Waals surface area (Å²) in [6.07, 6.45) is 11.6. The Labute approximate surface area is 235 Å². The van der Waals surface area contributed by atoms with Crippen molar-refractivity contribution in [2.75, 3.05) is 38.6 Å². The number of anilines is 1. The molecule has 0 aliphatic heterocycles. The molecular weight excluding hydrogens is 536 g/mol. The molecule has 3 heterocycles. The Balaban J connectivity index is 1.46. The molecular formula is C27H32N6O4S2. The van der Waals surface area contributed by atoms with Gasteiger partial charge in [-0.2, -0.15) is 14.7 Å². The number of carbonyl (C=O) groups is 1. The molecule has 12 heteroatoms. The number of hydrogen-bond donors (Lipinski definition) is 2. The van der Waals surface area contributed by atoms with Gasteiger partial charge in [-0.25, -0.2) is 14.5 Å². The van der Waals surface area contributed by atoms with Gasteiger partial charge in [-0.1, -0.05) is 0 Å². The number of nitrogens with two attached hydrogens (primary N) is 1. The Morgan fingerprint density at radius 2 is 1.87 bits per heavy atom. The van der Waals surface area contributed by atoms with Crippen LogP contribution in [0, 0.1) is 0 Å². The van der Waals surface area contributed by atoms with E-state index < -0.39 is 11.6 Å². The predicted molar refractivity (Wildman–Crippen MR) is 153 cm³/mol. The zero-order valence-electron chi connectivity index (χ0n) is 22.2. The molecule has 1 saturated carbocycles. The van der Waals surface area contributed by atoms with Gasteiger partial charge >= 0.3 is 5.97 Å². The number of methoxy groups -OCH3 is 1. The average molecular weight is 569 g/mol. The van der Waals surface area contributed by atoms with Gasteiger partial charge in [0.05, 0.1) is 41.9 Å². The molecule has 3 aromatic heterocycles. The van der Waals surface area contributed by atoms with Gasteiger partial charge in [0.25, 0.3) is 0 Å². The maximum atomic E-state index is 12.1. The number of fused-ring (bicyclic) bond motifs is 1. The SMILES string of the molecule is COCCO[C@]1(C(=O)O)CC[C@H](c2nc3c(-c4cnn(-c5ccc(SC)cc5)c4)cnn3c(N)c2SC)CC1. The van der Waals surface area contributed by atoms with E-state index in [1.54, 1.807) is 35.8 Å². The first kappa shape index (κ1) is 27.5. The first-order chi connectivity index (χ1) is 18.9. The Hall–Kier alpha value is -3.06. The molecule has 206 valence electrons. The molecule has 0 atom stereocenters. The second-order valence-electron chi connectivity index (χ2n) is 9.50. The maximum Gasteiger partial charge on any atom is 0.335 e. The van der Waals surface area contributed by atoms with Crippen LogP contribution in [0.25, 0.3) is 22.5 Å². The van der Waals surface area contributed by atoms with Crippen molar-refractivity contribution in [3.05, 3.63) is 48.5 Å². The van der Waals surface area contributed by atoms with Gasteiger partial charge in [-0.15, -0.1) is 23.5 Å². The fraction of sp³-hybridized carbons (Fsp3) is 0.407. The van der Waals surface area contributed by atoms with Crippen molar-refractivity contribution in [1.29, 1.82) is 0 Å². The second-order valence-corrected chi connectivity index (χ2v) is 11.2. The standard InChI is InChI=1S/C27H32N6O4S2/c1-36-12-13-37-27(26(34)35)10-8-17(9-11-27)22-23(39-3)24(28)33-25(31-22)21(15-30-33)18-14-29-32(16-18)19-4-6-20(38-2)7-5-19/h4-7,14-17H,8-13,28H2,1-3H3,(H,34,35)/t17-,27+. The summed E-state index contributed by atoms with van der Waals surface area (Å²) in [6, 6.07) is 8.22. The van der Waals surface area contributed by atoms with E-state index in [0.717, 1.165) is 27.4 Å². The van der Waals surface area contributed by atoms with Crippen LogP contribution in [0.5, 0.6) is 0 Å². The predicted octanol–water partition coefficient (Wildman–Crippen LogP) is 4.75. The molecule has 4 aromatic rings. The highest BCUT2D eigenvalue weighted by molar-refractivity contribution is 7.99. The summed E-state index contributed by atoms with van der Waals surface area (Å²) in [7, 11) is 1.57. The first-order valence-electron chi connectivity index (χ1n) is 12.7. The Morgan fingerprint density at radius 1 is 1.13 bits per heavy atom. The molecule has 0 radical (unpaired) electrons. The zero-order valence-corrected chi connectivity index (χ0v) is 23.8. The van der Waals surface area contributed by atoms with E-state index >= 15 is 0 Å². The van der Waals surface area contributed by atoms with E-state index in [1.165, 1.54) is 16.7 Å². The summed E-state index contributed by atoms with van der Waals surface area (Å²) in [5, 5.41) is 19.1. The number of nitrogen functional groups attached to an aromatic ring is 1. The van der Waals surface area contributed by atoms with Gasteiger partial charge < -0.3 is 20.3 Å². The molecule has 10 nitrogen and oxygen atoms in total. The smallest absolute Gasteiger partial charge is 0.335 e. The van der Waals surface area contributed by atoms with Crippen molar-refractivity contribution in [3.63, 3.8) is 0 Å². The van der Waals surface area contributed by atoms with Crippen LogP contribution in [0.15, 0.2) is 52.6 Å². The first-order valence-corrected chi connectivity index (χ1v) is 15.1. The fourth-order valence-corrected chi connectivity index (χ4v) is 6.27. The van der Waals surface area contributed by atoms with Crippen LogP contribution in [0.3, 0.4) is 0 Å². The summed E-state index contributed by atoms with van der Waals surface area (Å²) in [5.74, 6) is -0.345. The second kappa shape index (κ2) is 11.6. The van der Waals surface area contributed by atoms with E-state index in [9.17, 15) is 9.90 Å². The molecule has 1 fully saturated rings. The Bertz CT molecular complexity index is 1460. The van der Waals surface area contributed by atoms with Crippen LogP contribution in [-0.4, -0.2) is 73.9 Å². The summed E-state index contributed by atoms with van der Waals surface area (Å²) >= 11 is 3.23. The lowest BCUT2D eigenvalue weighted by molar-refractivity contribution is -0.173. The minimum atomic E-state index is -1.20. The highest BCUT2D eigenvalue weighted by Crippen LogP contribution is 2.44. The minimum Gasteiger partial charge on any atom is -0.479 e. The van der Waals surface area contributed by atoms with Crippen molar-refractivity contribution in [2.24, 2.45) is 0 Å². The van der Waals surface area contributed by atoms with Gasteiger partial charge in [-0.05, 0) is 62.5 Å². The van der Waals surface area contributed by atoms with Crippen LogP contribution < -0.4 is 5.73 Å². The van der Waals surface area contributed by atoms with Crippen molar-refractivity contribution < 1.29 is 19.4 Å². The number of benzene rings is 1. The summed E-state index contributed by atoms with van der Waals surface area (Å²) in [4.78, 5) is 19.3. The molecule has 0 amide bonds. The number of thioether (sulfide) groups is 2. The van der Waals surface area contributed by atoms with Crippen LogP contribution in [0.4, 0.5) is 5.82 Å². The Kier molecular flexibility index (Phi) is 8.17. The van der Waals surface area contributed by atoms with E-state index in [2.05, 4.69) is 22.3 Å². The van der Waals surface area contributed by atoms with E-state index in [0.29, 0.717) is 43.8 Å². The molecule has 3 N–H and O–H groups in total. The number of ether oxygens (including phenoxy) is 2. The molecule has 0 bridgehead atoms. The van der Waals surface area contributed by atoms with Gasteiger partial charge in [0, 0.05) is 35.2 Å². The van der Waals surface area contributed by atoms with Crippen molar-refractivity contribution in [2.45, 2.75) is 47.0 Å². The quantitative estimate of drug-likeness (QED) is 0.204. The third-order valence-electron chi connectivity index (χ3n) is 7.33. The van der Waals surface area contributed by atoms with Crippen LogP contribution in [-0.2, 0) is 14.3 Å². The van der Waals surface area contributed by atoms with Gasteiger partial charge in [0.2, 0.25) is 0 Å². The van der Waals surface area contributed by atoms with Crippen LogP contribution >= 0.6 is 23.5 Å². The molecule has 5 rings (SSSR count). The number of aromatic nitrogens is 5. The third kappa shape index (κ3) is 5.25. The maximum absolute atomic E-state index is 12.1. The van der Waals surface area contributed by atoms with Crippen molar-refractivity contribution >= 4 is 41.0 Å². The van der Waals surface area contributed by atoms with E-state index in [-0.39, 0.29) is 12.5 Å². The lowest BCUT2D eigenvalue weighted by atomic mass is 9.77. The van der Waals surface area contributed by atoms with E-state index in [1.807, 2.05) is 35.5 Å². The average Bonchev–Trinajstić information content (AvgIpc) is 3.61. The number of hydrogen-bond acceptors (Lipinski definition) is 9.